The van der Waals surface area contributed by atoms with Gasteiger partial charge in [0.1, 0.15) is 22.7 Å². The van der Waals surface area contributed by atoms with E-state index in [-0.39, 0.29) is 11.3 Å². The van der Waals surface area contributed by atoms with Gasteiger partial charge < -0.3 is 5.11 Å². The lowest BCUT2D eigenvalue weighted by Gasteiger charge is -2.06. The monoisotopic (exact) mass is 423 g/mol. The minimum absolute atomic E-state index is 0.121. The summed E-state index contributed by atoms with van der Waals surface area (Å²) in [6, 6.07) is 11.0. The maximum absolute atomic E-state index is 14.1. The van der Waals surface area contributed by atoms with Crippen molar-refractivity contribution in [3.63, 3.8) is 0 Å². The molecule has 2 aromatic carbocycles. The first kappa shape index (κ1) is 18.3. The molecule has 5 rings (SSSR count). The fourth-order valence-corrected chi connectivity index (χ4v) is 3.96. The standard InChI is InChI=1S/C20H11F2N5O2S/c21-12-6-11(7-13(22)18(12)20(28)29)14-3-4-16-19(24-14)27(26-25-16)8-10-1-2-15-17(5-10)30-9-23-15/h1-7,9H,8H2,(H,28,29). The molecule has 0 aliphatic carbocycles. The smallest absolute Gasteiger partial charge is 0.341 e. The number of carboxylic acids is 1. The molecule has 0 radical (unpaired) electrons. The summed E-state index contributed by atoms with van der Waals surface area (Å²) in [6.07, 6.45) is 0. The summed E-state index contributed by atoms with van der Waals surface area (Å²) in [6.45, 7) is 0.404. The molecular formula is C20H11F2N5O2S. The van der Waals surface area contributed by atoms with Gasteiger partial charge in [-0.05, 0) is 42.0 Å². The molecule has 0 aliphatic heterocycles. The second kappa shape index (κ2) is 6.92. The van der Waals surface area contributed by atoms with Crippen LogP contribution in [0, 0.1) is 11.6 Å². The van der Waals surface area contributed by atoms with Gasteiger partial charge in [-0.3, -0.25) is 0 Å². The van der Waals surface area contributed by atoms with Gasteiger partial charge in [0.15, 0.2) is 5.65 Å². The Morgan fingerprint density at radius 3 is 2.60 bits per heavy atom. The van der Waals surface area contributed by atoms with Crippen molar-refractivity contribution in [2.45, 2.75) is 6.54 Å². The molecule has 1 N–H and O–H groups in total. The van der Waals surface area contributed by atoms with E-state index in [1.54, 1.807) is 22.3 Å². The van der Waals surface area contributed by atoms with Crippen molar-refractivity contribution in [3.05, 3.63) is 70.7 Å². The Morgan fingerprint density at radius 1 is 1.07 bits per heavy atom. The number of carboxylic acid groups (broad SMARTS) is 1. The van der Waals surface area contributed by atoms with Gasteiger partial charge in [-0.2, -0.15) is 0 Å². The summed E-state index contributed by atoms with van der Waals surface area (Å²) in [5.41, 5.74) is 4.05. The summed E-state index contributed by atoms with van der Waals surface area (Å²) in [5.74, 6) is -3.99. The largest absolute Gasteiger partial charge is 0.477 e. The number of halogens is 2. The van der Waals surface area contributed by atoms with Crippen molar-refractivity contribution < 1.29 is 18.7 Å². The van der Waals surface area contributed by atoms with Gasteiger partial charge in [-0.15, -0.1) is 16.4 Å². The number of nitrogens with zero attached hydrogens (tertiary/aromatic N) is 5. The van der Waals surface area contributed by atoms with Crippen LogP contribution in [0.5, 0.6) is 0 Å². The molecule has 0 aliphatic rings. The van der Waals surface area contributed by atoms with E-state index in [0.717, 1.165) is 27.9 Å². The maximum Gasteiger partial charge on any atom is 0.341 e. The number of carbonyl (C=O) groups is 1. The van der Waals surface area contributed by atoms with Gasteiger partial charge in [0.05, 0.1) is 28.0 Å². The third-order valence-electron chi connectivity index (χ3n) is 4.64. The van der Waals surface area contributed by atoms with Crippen LogP contribution in [-0.2, 0) is 6.54 Å². The van der Waals surface area contributed by atoms with Crippen LogP contribution in [0.4, 0.5) is 8.78 Å². The Kier molecular flexibility index (Phi) is 4.21. The number of benzene rings is 2. The normalized spacial score (nSPS) is 11.4. The maximum atomic E-state index is 14.1. The van der Waals surface area contributed by atoms with Crippen LogP contribution >= 0.6 is 11.3 Å². The lowest BCUT2D eigenvalue weighted by Crippen LogP contribution is -2.05. The SMILES string of the molecule is O=C(O)c1c(F)cc(-c2ccc3nnn(Cc4ccc5ncsc5c4)c3n2)cc1F. The van der Waals surface area contributed by atoms with Gasteiger partial charge >= 0.3 is 5.97 Å². The van der Waals surface area contributed by atoms with Gasteiger partial charge in [0, 0.05) is 5.56 Å². The molecule has 0 unspecified atom stereocenters. The number of aromatic nitrogens is 5. The Morgan fingerprint density at radius 2 is 1.83 bits per heavy atom. The molecule has 0 bridgehead atoms. The van der Waals surface area contributed by atoms with E-state index in [9.17, 15) is 13.6 Å². The van der Waals surface area contributed by atoms with Crippen molar-refractivity contribution in [3.8, 4) is 11.3 Å². The van der Waals surface area contributed by atoms with Crippen molar-refractivity contribution in [1.29, 1.82) is 0 Å². The van der Waals surface area contributed by atoms with Crippen LogP contribution in [0.25, 0.3) is 32.6 Å². The number of thiazole rings is 1. The highest BCUT2D eigenvalue weighted by Gasteiger charge is 2.19. The number of pyridine rings is 1. The van der Waals surface area contributed by atoms with Crippen molar-refractivity contribution in [2.24, 2.45) is 0 Å². The van der Waals surface area contributed by atoms with Crippen LogP contribution in [0.1, 0.15) is 15.9 Å². The molecule has 0 fully saturated rings. The zero-order valence-corrected chi connectivity index (χ0v) is 15.9. The summed E-state index contributed by atoms with van der Waals surface area (Å²) >= 11 is 1.54. The number of rotatable bonds is 4. The Bertz CT molecular complexity index is 1420. The van der Waals surface area contributed by atoms with Crippen molar-refractivity contribution in [2.75, 3.05) is 0 Å². The van der Waals surface area contributed by atoms with E-state index in [1.807, 2.05) is 18.2 Å². The highest BCUT2D eigenvalue weighted by Crippen LogP contribution is 2.25. The molecule has 10 heteroatoms. The van der Waals surface area contributed by atoms with E-state index < -0.39 is 23.2 Å². The summed E-state index contributed by atoms with van der Waals surface area (Å²) in [5, 5.41) is 17.2. The second-order valence-corrected chi connectivity index (χ2v) is 7.45. The van der Waals surface area contributed by atoms with E-state index in [4.69, 9.17) is 5.11 Å². The van der Waals surface area contributed by atoms with Crippen molar-refractivity contribution >= 4 is 38.7 Å². The zero-order valence-electron chi connectivity index (χ0n) is 15.1. The van der Waals surface area contributed by atoms with Gasteiger partial charge in [-0.25, -0.2) is 28.2 Å². The molecule has 0 saturated carbocycles. The fraction of sp³-hybridized carbons (Fsp3) is 0.0500. The number of fused-ring (bicyclic) bond motifs is 2. The van der Waals surface area contributed by atoms with Crippen LogP contribution in [0.15, 0.2) is 48.0 Å². The van der Waals surface area contributed by atoms with Gasteiger partial charge in [0.2, 0.25) is 0 Å². The molecule has 0 atom stereocenters. The molecule has 30 heavy (non-hydrogen) atoms. The summed E-state index contributed by atoms with van der Waals surface area (Å²) < 4.78 is 30.8. The minimum Gasteiger partial charge on any atom is -0.477 e. The molecule has 0 spiro atoms. The van der Waals surface area contributed by atoms with E-state index in [1.165, 1.54) is 11.3 Å². The second-order valence-electron chi connectivity index (χ2n) is 6.56. The van der Waals surface area contributed by atoms with E-state index >= 15 is 0 Å². The molecule has 148 valence electrons. The number of aromatic carboxylic acids is 1. The predicted molar refractivity (Wildman–Crippen MR) is 106 cm³/mol. The molecule has 5 aromatic rings. The van der Waals surface area contributed by atoms with Crippen LogP contribution in [-0.4, -0.2) is 36.0 Å². The molecular weight excluding hydrogens is 412 g/mol. The number of hydrogen-bond acceptors (Lipinski definition) is 6. The first-order valence-electron chi connectivity index (χ1n) is 8.74. The number of hydrogen-bond donors (Lipinski definition) is 1. The minimum atomic E-state index is -1.67. The Hall–Kier alpha value is -3.79. The average Bonchev–Trinajstić information content (AvgIpc) is 3.33. The highest BCUT2D eigenvalue weighted by atomic mass is 32.1. The molecule has 7 nitrogen and oxygen atoms in total. The zero-order chi connectivity index (χ0) is 20.8. The third kappa shape index (κ3) is 3.07. The molecule has 3 aromatic heterocycles. The molecule has 0 amide bonds. The highest BCUT2D eigenvalue weighted by molar-refractivity contribution is 7.16. The van der Waals surface area contributed by atoms with Crippen LogP contribution < -0.4 is 0 Å². The van der Waals surface area contributed by atoms with E-state index in [0.29, 0.717) is 17.7 Å². The van der Waals surface area contributed by atoms with Crippen LogP contribution in [0.2, 0.25) is 0 Å². The topological polar surface area (TPSA) is 93.8 Å². The first-order chi connectivity index (χ1) is 14.5. The van der Waals surface area contributed by atoms with Gasteiger partial charge in [0.25, 0.3) is 0 Å². The van der Waals surface area contributed by atoms with Gasteiger partial charge in [-0.1, -0.05) is 11.3 Å². The molecule has 0 saturated heterocycles. The first-order valence-corrected chi connectivity index (χ1v) is 9.62. The lowest BCUT2D eigenvalue weighted by molar-refractivity contribution is 0.0686. The van der Waals surface area contributed by atoms with Crippen LogP contribution in [0.3, 0.4) is 0 Å². The van der Waals surface area contributed by atoms with E-state index in [2.05, 4.69) is 20.3 Å². The lowest BCUT2D eigenvalue weighted by atomic mass is 10.1. The third-order valence-corrected chi connectivity index (χ3v) is 5.43. The predicted octanol–water partition coefficient (Wildman–Crippen LogP) is 4.13. The summed E-state index contributed by atoms with van der Waals surface area (Å²) in [4.78, 5) is 19.7. The Labute approximate surface area is 171 Å². The van der Waals surface area contributed by atoms with Crippen molar-refractivity contribution in [1.82, 2.24) is 25.0 Å². The average molecular weight is 423 g/mol. The summed E-state index contributed by atoms with van der Waals surface area (Å²) in [7, 11) is 0. The quantitative estimate of drug-likeness (QED) is 0.467. The fourth-order valence-electron chi connectivity index (χ4n) is 3.22. The molecule has 3 heterocycles. The Balaban J connectivity index is 1.55.